The molecule has 112 valence electrons. The summed E-state index contributed by atoms with van der Waals surface area (Å²) in [6, 6.07) is 0. The van der Waals surface area contributed by atoms with Crippen molar-refractivity contribution in [1.82, 2.24) is 0 Å². The fourth-order valence-corrected chi connectivity index (χ4v) is 1.61. The monoisotopic (exact) mass is 272 g/mol. The Hall–Kier alpha value is -0.870. The Balaban J connectivity index is 3.84. The van der Waals surface area contributed by atoms with E-state index in [0.29, 0.717) is 18.1 Å². The third-order valence-electron chi connectivity index (χ3n) is 2.92. The van der Waals surface area contributed by atoms with Crippen LogP contribution in [0.2, 0.25) is 0 Å². The third-order valence-corrected chi connectivity index (χ3v) is 2.92. The van der Waals surface area contributed by atoms with Gasteiger partial charge in [-0.1, -0.05) is 39.7 Å². The molecular weight excluding hydrogens is 244 g/mol. The Labute approximate surface area is 116 Å². The van der Waals surface area contributed by atoms with E-state index in [1.807, 2.05) is 0 Å². The number of ether oxygens (including phenoxy) is 2. The molecule has 1 N–H and O–H groups in total. The molecule has 0 amide bonds. The van der Waals surface area contributed by atoms with Crippen LogP contribution >= 0.6 is 0 Å². The molecule has 0 aliphatic heterocycles. The van der Waals surface area contributed by atoms with Crippen molar-refractivity contribution in [1.29, 1.82) is 0 Å². The zero-order valence-electron chi connectivity index (χ0n) is 12.5. The number of carbonyl (C=O) groups excluding carboxylic acids is 1. The number of aliphatic hydroxyl groups excluding tert-OH is 1. The van der Waals surface area contributed by atoms with Crippen molar-refractivity contribution < 1.29 is 19.4 Å². The molecule has 2 unspecified atom stereocenters. The zero-order valence-corrected chi connectivity index (χ0v) is 12.5. The second-order valence-electron chi connectivity index (χ2n) is 4.98. The molecule has 0 aromatic rings. The van der Waals surface area contributed by atoms with Gasteiger partial charge in [-0.3, -0.25) is 0 Å². The average Bonchev–Trinajstić information content (AvgIpc) is 2.38. The number of hydrogen-bond acceptors (Lipinski definition) is 4. The van der Waals surface area contributed by atoms with Crippen molar-refractivity contribution in [3.63, 3.8) is 0 Å². The van der Waals surface area contributed by atoms with E-state index in [2.05, 4.69) is 20.4 Å². The van der Waals surface area contributed by atoms with Gasteiger partial charge in [0.1, 0.15) is 0 Å². The molecule has 0 spiro atoms. The van der Waals surface area contributed by atoms with E-state index in [-0.39, 0.29) is 13.2 Å². The molecule has 0 heterocycles. The van der Waals surface area contributed by atoms with Crippen molar-refractivity contribution in [2.24, 2.45) is 5.92 Å². The summed E-state index contributed by atoms with van der Waals surface area (Å²) in [7, 11) is 0. The van der Waals surface area contributed by atoms with Gasteiger partial charge in [0.05, 0.1) is 31.5 Å². The van der Waals surface area contributed by atoms with Gasteiger partial charge < -0.3 is 14.6 Å². The van der Waals surface area contributed by atoms with Crippen molar-refractivity contribution in [2.45, 2.75) is 52.6 Å². The first-order valence-electron chi connectivity index (χ1n) is 7.11. The summed E-state index contributed by atoms with van der Waals surface area (Å²) >= 11 is 0. The van der Waals surface area contributed by atoms with Gasteiger partial charge >= 0.3 is 5.97 Å². The number of aliphatic hydroxyl groups is 1. The maximum atomic E-state index is 11.6. The normalized spacial score (nSPS) is 13.9. The number of hydrogen-bond donors (Lipinski definition) is 1. The van der Waals surface area contributed by atoms with E-state index >= 15 is 0 Å². The van der Waals surface area contributed by atoms with Crippen LogP contribution in [0, 0.1) is 5.92 Å². The number of carbonyl (C=O) groups is 1. The Kier molecular flexibility index (Phi) is 10.5. The van der Waals surface area contributed by atoms with Crippen molar-refractivity contribution in [3.8, 4) is 0 Å². The van der Waals surface area contributed by atoms with Gasteiger partial charge in [-0.2, -0.15) is 0 Å². The predicted molar refractivity (Wildman–Crippen MR) is 75.9 cm³/mol. The van der Waals surface area contributed by atoms with Crippen molar-refractivity contribution in [2.75, 3.05) is 19.8 Å². The SMILES string of the molecule is C=C(COCC(C)O)C(=O)OCC(CC)CCCC. The molecule has 0 fully saturated rings. The van der Waals surface area contributed by atoms with Crippen LogP contribution < -0.4 is 0 Å². The van der Waals surface area contributed by atoms with Gasteiger partial charge in [0, 0.05) is 0 Å². The summed E-state index contributed by atoms with van der Waals surface area (Å²) in [6.45, 7) is 10.3. The molecule has 4 heteroatoms. The van der Waals surface area contributed by atoms with Crippen molar-refractivity contribution in [3.05, 3.63) is 12.2 Å². The standard InChI is InChI=1S/C15H28O4/c1-5-7-8-14(6-2)11-19-15(17)12(3)9-18-10-13(4)16/h13-14,16H,3,5-11H2,1-2,4H3. The van der Waals surface area contributed by atoms with Gasteiger partial charge in [-0.25, -0.2) is 4.79 Å². The van der Waals surface area contributed by atoms with Gasteiger partial charge in [0.25, 0.3) is 0 Å². The summed E-state index contributed by atoms with van der Waals surface area (Å²) in [4.78, 5) is 11.6. The van der Waals surface area contributed by atoms with Crippen LogP contribution in [0.1, 0.15) is 46.5 Å². The summed E-state index contributed by atoms with van der Waals surface area (Å²) in [5, 5.41) is 9.02. The van der Waals surface area contributed by atoms with Crippen LogP contribution in [-0.4, -0.2) is 37.0 Å². The summed E-state index contributed by atoms with van der Waals surface area (Å²) < 4.78 is 10.4. The molecule has 19 heavy (non-hydrogen) atoms. The summed E-state index contributed by atoms with van der Waals surface area (Å²) in [5.41, 5.74) is 0.297. The lowest BCUT2D eigenvalue weighted by atomic mass is 10.0. The Morgan fingerprint density at radius 3 is 2.53 bits per heavy atom. The van der Waals surface area contributed by atoms with Gasteiger partial charge in [-0.05, 0) is 19.3 Å². The minimum Gasteiger partial charge on any atom is -0.462 e. The second kappa shape index (κ2) is 11.0. The van der Waals surface area contributed by atoms with Crippen molar-refractivity contribution >= 4 is 5.97 Å². The Morgan fingerprint density at radius 2 is 2.00 bits per heavy atom. The molecule has 0 aromatic carbocycles. The number of rotatable bonds is 11. The van der Waals surface area contributed by atoms with E-state index in [1.165, 1.54) is 0 Å². The van der Waals surface area contributed by atoms with E-state index in [9.17, 15) is 4.79 Å². The minimum absolute atomic E-state index is 0.107. The Bertz CT molecular complexity index is 261. The molecule has 0 saturated heterocycles. The molecular formula is C15H28O4. The molecule has 0 aliphatic rings. The third kappa shape index (κ3) is 9.68. The smallest absolute Gasteiger partial charge is 0.335 e. The first kappa shape index (κ1) is 18.1. The highest BCUT2D eigenvalue weighted by Crippen LogP contribution is 2.13. The highest BCUT2D eigenvalue weighted by molar-refractivity contribution is 5.87. The van der Waals surface area contributed by atoms with Gasteiger partial charge in [-0.15, -0.1) is 0 Å². The highest BCUT2D eigenvalue weighted by Gasteiger charge is 2.13. The molecule has 4 nitrogen and oxygen atoms in total. The lowest BCUT2D eigenvalue weighted by Gasteiger charge is -2.15. The molecule has 0 rings (SSSR count). The lowest BCUT2D eigenvalue weighted by molar-refractivity contribution is -0.141. The van der Waals surface area contributed by atoms with E-state index < -0.39 is 12.1 Å². The molecule has 0 saturated carbocycles. The first-order chi connectivity index (χ1) is 9.01. The van der Waals surface area contributed by atoms with Crippen LogP contribution in [0.3, 0.4) is 0 Å². The molecule has 2 atom stereocenters. The van der Waals surface area contributed by atoms with E-state index in [1.54, 1.807) is 6.92 Å². The Morgan fingerprint density at radius 1 is 1.32 bits per heavy atom. The molecule has 0 radical (unpaired) electrons. The predicted octanol–water partition coefficient (Wildman–Crippen LogP) is 2.70. The quantitative estimate of drug-likeness (QED) is 0.464. The van der Waals surface area contributed by atoms with Crippen LogP contribution in [0.25, 0.3) is 0 Å². The highest BCUT2D eigenvalue weighted by atomic mass is 16.5. The second-order valence-corrected chi connectivity index (χ2v) is 4.98. The molecule has 0 aromatic heterocycles. The average molecular weight is 272 g/mol. The first-order valence-corrected chi connectivity index (χ1v) is 7.11. The summed E-state index contributed by atoms with van der Waals surface area (Å²) in [5.74, 6) is 0.0237. The van der Waals surface area contributed by atoms with Gasteiger partial charge in [0.2, 0.25) is 0 Å². The zero-order chi connectivity index (χ0) is 14.7. The minimum atomic E-state index is -0.540. The van der Waals surface area contributed by atoms with Gasteiger partial charge in [0.15, 0.2) is 0 Å². The largest absolute Gasteiger partial charge is 0.462 e. The number of unbranched alkanes of at least 4 members (excludes halogenated alkanes) is 1. The fraction of sp³-hybridized carbons (Fsp3) is 0.800. The van der Waals surface area contributed by atoms with Crippen LogP contribution in [0.5, 0.6) is 0 Å². The van der Waals surface area contributed by atoms with Crippen LogP contribution in [0.15, 0.2) is 12.2 Å². The van der Waals surface area contributed by atoms with Crippen LogP contribution in [0.4, 0.5) is 0 Å². The summed E-state index contributed by atoms with van der Waals surface area (Å²) in [6.07, 6.45) is 3.88. The molecule has 0 aliphatic carbocycles. The molecule has 0 bridgehead atoms. The fourth-order valence-electron chi connectivity index (χ4n) is 1.61. The van der Waals surface area contributed by atoms with E-state index in [0.717, 1.165) is 25.7 Å². The van der Waals surface area contributed by atoms with Crippen LogP contribution in [-0.2, 0) is 14.3 Å². The maximum absolute atomic E-state index is 11.6. The lowest BCUT2D eigenvalue weighted by Crippen LogP contribution is -2.19. The number of esters is 1. The van der Waals surface area contributed by atoms with E-state index in [4.69, 9.17) is 14.6 Å². The maximum Gasteiger partial charge on any atom is 0.335 e. The topological polar surface area (TPSA) is 55.8 Å².